The molecule has 316 valence electrons. The van der Waals surface area contributed by atoms with E-state index in [2.05, 4.69) is 55.6 Å². The molecule has 0 bridgehead atoms. The maximum absolute atomic E-state index is 12.4. The van der Waals surface area contributed by atoms with E-state index in [4.69, 9.17) is 0 Å². The zero-order valence-corrected chi connectivity index (χ0v) is 36.2. The molecule has 2 atom stereocenters. The van der Waals surface area contributed by atoms with Gasteiger partial charge in [0.25, 0.3) is 0 Å². The molecule has 3 N–H and O–H groups in total. The van der Waals surface area contributed by atoms with Crippen LogP contribution in [0.15, 0.2) is 48.6 Å². The molecule has 0 spiro atoms. The third kappa shape index (κ3) is 41.5. The maximum Gasteiger partial charge on any atom is 0.220 e. The molecule has 0 heterocycles. The van der Waals surface area contributed by atoms with Crippen LogP contribution in [0.3, 0.4) is 0 Å². The number of nitrogens with one attached hydrogen (secondary N) is 1. The van der Waals surface area contributed by atoms with Crippen molar-refractivity contribution in [3.05, 3.63) is 48.6 Å². The monoisotopic (exact) mass is 756 g/mol. The number of carbonyl (C=O) groups is 1. The summed E-state index contributed by atoms with van der Waals surface area (Å²) in [6, 6.07) is -0.650. The van der Waals surface area contributed by atoms with Crippen molar-refractivity contribution < 1.29 is 15.0 Å². The molecule has 0 radical (unpaired) electrons. The van der Waals surface area contributed by atoms with Gasteiger partial charge in [0.05, 0.1) is 18.8 Å². The second-order valence-corrected chi connectivity index (χ2v) is 16.2. The lowest BCUT2D eigenvalue weighted by atomic mass is 10.0. The average Bonchev–Trinajstić information content (AvgIpc) is 3.18. The molecule has 0 aliphatic carbocycles. The van der Waals surface area contributed by atoms with Crippen molar-refractivity contribution in [1.82, 2.24) is 5.32 Å². The van der Waals surface area contributed by atoms with Gasteiger partial charge in [-0.15, -0.1) is 0 Å². The Morgan fingerprint density at radius 2 is 0.722 bits per heavy atom. The second kappa shape index (κ2) is 45.7. The van der Waals surface area contributed by atoms with Crippen molar-refractivity contribution in [2.24, 2.45) is 0 Å². The molecule has 4 nitrogen and oxygen atoms in total. The van der Waals surface area contributed by atoms with Crippen LogP contribution in [0, 0.1) is 0 Å². The third-order valence-corrected chi connectivity index (χ3v) is 10.8. The zero-order valence-electron chi connectivity index (χ0n) is 36.2. The topological polar surface area (TPSA) is 69.6 Å². The van der Waals surface area contributed by atoms with Crippen LogP contribution in [0.5, 0.6) is 0 Å². The summed E-state index contributed by atoms with van der Waals surface area (Å²) in [7, 11) is 0. The molecule has 0 aromatic rings. The summed E-state index contributed by atoms with van der Waals surface area (Å²) >= 11 is 0. The smallest absolute Gasteiger partial charge is 0.220 e. The number of aliphatic hydroxyl groups is 2. The highest BCUT2D eigenvalue weighted by Gasteiger charge is 2.17. The van der Waals surface area contributed by atoms with Gasteiger partial charge in [0, 0.05) is 6.42 Å². The molecule has 0 aliphatic rings. The number of unbranched alkanes of at least 4 members (excludes halogenated alkanes) is 30. The highest BCUT2D eigenvalue weighted by Crippen LogP contribution is 2.15. The van der Waals surface area contributed by atoms with Crippen molar-refractivity contribution in [2.45, 2.75) is 257 Å². The fourth-order valence-corrected chi connectivity index (χ4v) is 7.09. The minimum atomic E-state index is -0.874. The number of amides is 1. The molecule has 0 aromatic heterocycles. The van der Waals surface area contributed by atoms with Gasteiger partial charge in [-0.1, -0.05) is 217 Å². The Morgan fingerprint density at radius 3 is 1.07 bits per heavy atom. The van der Waals surface area contributed by atoms with Crippen molar-refractivity contribution >= 4 is 5.91 Å². The van der Waals surface area contributed by atoms with E-state index < -0.39 is 12.1 Å². The fraction of sp³-hybridized carbons (Fsp3) is 0.820. The van der Waals surface area contributed by atoms with E-state index >= 15 is 0 Å². The Bertz CT molecular complexity index is 862. The molecule has 0 aromatic carbocycles. The largest absolute Gasteiger partial charge is 0.394 e. The van der Waals surface area contributed by atoms with Gasteiger partial charge in [0.15, 0.2) is 0 Å². The van der Waals surface area contributed by atoms with Crippen LogP contribution in [-0.4, -0.2) is 34.9 Å². The predicted octanol–water partition coefficient (Wildman–Crippen LogP) is 15.1. The van der Waals surface area contributed by atoms with Crippen LogP contribution in [0.2, 0.25) is 0 Å². The predicted molar refractivity (Wildman–Crippen MR) is 239 cm³/mol. The summed E-state index contributed by atoms with van der Waals surface area (Å²) in [5.41, 5.74) is 0. The van der Waals surface area contributed by atoms with Crippen LogP contribution < -0.4 is 5.32 Å². The second-order valence-electron chi connectivity index (χ2n) is 16.2. The van der Waals surface area contributed by atoms with Crippen LogP contribution in [0.1, 0.15) is 245 Å². The molecule has 4 heteroatoms. The van der Waals surface area contributed by atoms with E-state index in [1.54, 1.807) is 6.08 Å². The first-order valence-corrected chi connectivity index (χ1v) is 23.9. The standard InChI is InChI=1S/C50H93NO3/c1-3-5-7-9-11-13-15-17-19-20-21-22-23-24-25-26-27-28-29-30-31-32-33-35-37-39-41-43-45-49(53)48(47-52)51-50(54)46-44-42-40-38-36-34-18-16-14-12-10-8-6-4-2/h16,18,30-31,35,37,43,45,48-49,52-53H,3-15,17,19-29,32-34,36,38-42,44,46-47H2,1-2H3,(H,51,54)/b18-16-,31-30+,37-35+,45-43+. The number of carbonyl (C=O) groups excluding carboxylic acids is 1. The van der Waals surface area contributed by atoms with Gasteiger partial charge in [-0.2, -0.15) is 0 Å². The molecule has 0 rings (SSSR count). The molecule has 54 heavy (non-hydrogen) atoms. The van der Waals surface area contributed by atoms with Crippen molar-refractivity contribution in [2.75, 3.05) is 6.61 Å². The van der Waals surface area contributed by atoms with Crippen LogP contribution in [0.25, 0.3) is 0 Å². The highest BCUT2D eigenvalue weighted by atomic mass is 16.3. The first-order chi connectivity index (χ1) is 26.7. The third-order valence-electron chi connectivity index (χ3n) is 10.8. The maximum atomic E-state index is 12.4. The first kappa shape index (κ1) is 52.3. The summed E-state index contributed by atoms with van der Waals surface area (Å²) in [4.78, 5) is 12.4. The zero-order chi connectivity index (χ0) is 39.3. The molecular formula is C50H93NO3. The van der Waals surface area contributed by atoms with E-state index in [1.165, 1.54) is 173 Å². The first-order valence-electron chi connectivity index (χ1n) is 23.9. The van der Waals surface area contributed by atoms with Gasteiger partial charge in [-0.05, 0) is 70.6 Å². The van der Waals surface area contributed by atoms with E-state index in [0.29, 0.717) is 6.42 Å². The van der Waals surface area contributed by atoms with Gasteiger partial charge >= 0.3 is 0 Å². The Hall–Kier alpha value is -1.65. The number of aliphatic hydroxyl groups excluding tert-OH is 2. The summed E-state index contributed by atoms with van der Waals surface area (Å²) in [6.45, 7) is 4.29. The van der Waals surface area contributed by atoms with E-state index in [0.717, 1.165) is 51.4 Å². The quantitative estimate of drug-likeness (QED) is 0.0429. The van der Waals surface area contributed by atoms with Gasteiger partial charge in [0.1, 0.15) is 0 Å². The van der Waals surface area contributed by atoms with Gasteiger partial charge in [0.2, 0.25) is 5.91 Å². The Morgan fingerprint density at radius 1 is 0.426 bits per heavy atom. The van der Waals surface area contributed by atoms with E-state index in [-0.39, 0.29) is 12.5 Å². The Kier molecular flexibility index (Phi) is 44.3. The fourth-order valence-electron chi connectivity index (χ4n) is 7.09. The molecule has 0 fully saturated rings. The van der Waals surface area contributed by atoms with Gasteiger partial charge < -0.3 is 15.5 Å². The van der Waals surface area contributed by atoms with E-state index in [1.807, 2.05) is 6.08 Å². The van der Waals surface area contributed by atoms with Gasteiger partial charge in [-0.3, -0.25) is 4.79 Å². The molecular weight excluding hydrogens is 663 g/mol. The average molecular weight is 756 g/mol. The summed E-state index contributed by atoms with van der Waals surface area (Å²) < 4.78 is 0. The molecule has 0 saturated carbocycles. The number of rotatable bonds is 43. The SMILES string of the molecule is CCCCCCC/C=C\CCCCCCCC(=O)NC(CO)C(O)/C=C/CC/C=C/CC/C=C/CCCCCCCCCCCCCCCCCCCC. The Labute approximate surface area is 337 Å². The van der Waals surface area contributed by atoms with Crippen LogP contribution in [0.4, 0.5) is 0 Å². The number of hydrogen-bond donors (Lipinski definition) is 3. The normalized spacial score (nSPS) is 13.3. The van der Waals surface area contributed by atoms with Crippen molar-refractivity contribution in [1.29, 1.82) is 0 Å². The molecule has 0 aliphatic heterocycles. The molecule has 1 amide bonds. The number of allylic oxidation sites excluding steroid dienone is 7. The van der Waals surface area contributed by atoms with Crippen LogP contribution in [-0.2, 0) is 4.79 Å². The minimum absolute atomic E-state index is 0.0873. The summed E-state index contributed by atoms with van der Waals surface area (Å²) in [5.74, 6) is -0.0873. The lowest BCUT2D eigenvalue weighted by Gasteiger charge is -2.19. The summed E-state index contributed by atoms with van der Waals surface area (Å²) in [6.07, 6.45) is 62.4. The van der Waals surface area contributed by atoms with E-state index in [9.17, 15) is 15.0 Å². The van der Waals surface area contributed by atoms with Crippen molar-refractivity contribution in [3.8, 4) is 0 Å². The lowest BCUT2D eigenvalue weighted by Crippen LogP contribution is -2.45. The minimum Gasteiger partial charge on any atom is -0.394 e. The number of hydrogen-bond acceptors (Lipinski definition) is 3. The van der Waals surface area contributed by atoms with Crippen molar-refractivity contribution in [3.63, 3.8) is 0 Å². The molecule has 2 unspecified atom stereocenters. The van der Waals surface area contributed by atoms with Gasteiger partial charge in [-0.25, -0.2) is 0 Å². The summed E-state index contributed by atoms with van der Waals surface area (Å²) in [5, 5.41) is 23.0. The molecule has 0 saturated heterocycles. The van der Waals surface area contributed by atoms with Crippen LogP contribution >= 0.6 is 0 Å². The lowest BCUT2D eigenvalue weighted by molar-refractivity contribution is -0.123. The Balaban J connectivity index is 3.59. The highest BCUT2D eigenvalue weighted by molar-refractivity contribution is 5.76.